The van der Waals surface area contributed by atoms with E-state index in [2.05, 4.69) is 120 Å². The number of carbonyl (C=O) groups excluding carboxylic acids is 3. The third-order valence-corrected chi connectivity index (χ3v) is 17.2. The number of imide groups is 1. The number of anilines is 1. The number of rotatable bonds is 6. The highest BCUT2D eigenvalue weighted by Crippen LogP contribution is 2.59. The Labute approximate surface area is 392 Å². The second-order valence-corrected chi connectivity index (χ2v) is 25.2. The van der Waals surface area contributed by atoms with Crippen LogP contribution in [0.1, 0.15) is 153 Å². The molecule has 1 saturated carbocycles. The largest absolute Gasteiger partial charge is 0.373 e. The van der Waals surface area contributed by atoms with Gasteiger partial charge >= 0.3 is 0 Å². The number of nitrogens with zero attached hydrogens (tertiary/aromatic N) is 4. The van der Waals surface area contributed by atoms with Gasteiger partial charge in [-0.05, 0) is 174 Å². The summed E-state index contributed by atoms with van der Waals surface area (Å²) in [5.74, 6) is -3.62. The first kappa shape index (κ1) is 47.1. The van der Waals surface area contributed by atoms with E-state index < -0.39 is 63.9 Å². The first-order valence-electron chi connectivity index (χ1n) is 24.9. The normalized spacial score (nSPS) is 31.3. The SMILES string of the molecule is CCC(C)c1ccc2c(=C3CC(C)(C)N(O)C(C)(C)C3)c3cc(N4C(=O)C5C6C=CC(C5C4=O)C4C6C(=O)N(C(C)CCC(C)(C)C)C4O)ccc3c(=C3CC(C)(C)N(O)C(C)(C)C3)c2c1. The van der Waals surface area contributed by atoms with Crippen LogP contribution in [0.2, 0.25) is 0 Å². The molecule has 3 aromatic carbocycles. The first-order chi connectivity index (χ1) is 30.6. The number of aliphatic hydroxyl groups excluding tert-OH is 1. The lowest BCUT2D eigenvalue weighted by Crippen LogP contribution is -2.57. The third kappa shape index (κ3) is 7.16. The maximum absolute atomic E-state index is 15.1. The monoisotopic (exact) mass is 901 g/mol. The first-order valence-corrected chi connectivity index (χ1v) is 24.9. The van der Waals surface area contributed by atoms with Crippen LogP contribution in [-0.4, -0.2) is 82.7 Å². The van der Waals surface area contributed by atoms with E-state index >= 15 is 9.59 Å². The number of hydrogen-bond donors (Lipinski definition) is 3. The zero-order valence-corrected chi connectivity index (χ0v) is 42.1. The van der Waals surface area contributed by atoms with Gasteiger partial charge in [0, 0.05) is 40.0 Å². The highest BCUT2D eigenvalue weighted by molar-refractivity contribution is 6.23. The van der Waals surface area contributed by atoms with Crippen molar-refractivity contribution in [3.05, 3.63) is 64.6 Å². The van der Waals surface area contributed by atoms with E-state index in [0.29, 0.717) is 37.3 Å². The van der Waals surface area contributed by atoms with E-state index in [9.17, 15) is 20.3 Å². The molecular weight excluding hydrogens is 825 g/mol. The molecule has 10 heteroatoms. The molecule has 66 heavy (non-hydrogen) atoms. The highest BCUT2D eigenvalue weighted by Gasteiger charge is 2.68. The van der Waals surface area contributed by atoms with Gasteiger partial charge in [-0.3, -0.25) is 14.4 Å². The number of hydrogen-bond acceptors (Lipinski definition) is 8. The molecule has 5 fully saturated rings. The standard InChI is InChI=1S/C56H76N4O6/c1-15-30(2)32-16-18-36-40(24-32)42(33-26-53(7,8)59(65)54(9,10)27-33)37-19-17-35(25-41(37)43(36)34-28-55(11,12)60(66)56(13,14)29-34)58-50(63)46-38-20-21-39(47(46)51(58)64)45-44(38)48(61)57(49(45)62)31(3)22-23-52(4,5)6/h16-21,24-25,30-31,38-39,44-48,61,65-66H,15,22-23,26-29H2,1-14H3. The molecule has 3 N–H and O–H groups in total. The Bertz CT molecular complexity index is 2670. The smallest absolute Gasteiger partial charge is 0.238 e. The molecule has 4 saturated heterocycles. The van der Waals surface area contributed by atoms with Gasteiger partial charge in [0.25, 0.3) is 0 Å². The van der Waals surface area contributed by atoms with E-state index in [-0.39, 0.29) is 29.2 Å². The van der Waals surface area contributed by atoms with Crippen LogP contribution in [0.5, 0.6) is 0 Å². The minimum absolute atomic E-state index is 0.0804. The van der Waals surface area contributed by atoms with Crippen LogP contribution < -0.4 is 15.3 Å². The van der Waals surface area contributed by atoms with Crippen molar-refractivity contribution >= 4 is 56.1 Å². The minimum atomic E-state index is -1.02. The highest BCUT2D eigenvalue weighted by atomic mass is 16.5. The lowest BCUT2D eigenvalue weighted by atomic mass is 9.54. The average molecular weight is 901 g/mol. The zero-order chi connectivity index (χ0) is 48.1. The van der Waals surface area contributed by atoms with Crippen molar-refractivity contribution < 1.29 is 29.9 Å². The van der Waals surface area contributed by atoms with Crippen LogP contribution in [0.25, 0.3) is 32.7 Å². The maximum atomic E-state index is 15.1. The van der Waals surface area contributed by atoms with Crippen LogP contribution >= 0.6 is 0 Å². The molecule has 0 radical (unpaired) electrons. The lowest BCUT2D eigenvalue weighted by Gasteiger charge is -2.50. The van der Waals surface area contributed by atoms with Crippen molar-refractivity contribution in [3.8, 4) is 0 Å². The van der Waals surface area contributed by atoms with Gasteiger partial charge in [-0.2, -0.15) is 10.1 Å². The Morgan fingerprint density at radius 2 is 1.12 bits per heavy atom. The lowest BCUT2D eigenvalue weighted by molar-refractivity contribution is -0.228. The number of aliphatic hydroxyl groups is 1. The molecule has 9 atom stereocenters. The van der Waals surface area contributed by atoms with Gasteiger partial charge < -0.3 is 20.4 Å². The molecule has 3 aromatic rings. The topological polar surface area (TPSA) is 125 Å². The van der Waals surface area contributed by atoms with Crippen LogP contribution in [0.4, 0.5) is 5.69 Å². The molecular formula is C56H76N4O6. The van der Waals surface area contributed by atoms with Crippen molar-refractivity contribution in [3.63, 3.8) is 0 Å². The molecule has 10 nitrogen and oxygen atoms in total. The summed E-state index contributed by atoms with van der Waals surface area (Å²) < 4.78 is 0. The van der Waals surface area contributed by atoms with Crippen LogP contribution in [-0.2, 0) is 14.4 Å². The summed E-state index contributed by atoms with van der Waals surface area (Å²) >= 11 is 0. The molecule has 3 aliphatic carbocycles. The number of amides is 3. The van der Waals surface area contributed by atoms with Crippen molar-refractivity contribution in [2.75, 3.05) is 4.90 Å². The maximum Gasteiger partial charge on any atom is 0.238 e. The third-order valence-electron chi connectivity index (χ3n) is 17.2. The quantitative estimate of drug-likeness (QED) is 0.127. The van der Waals surface area contributed by atoms with Gasteiger partial charge in [-0.25, -0.2) is 4.90 Å². The fraction of sp³-hybridized carbons (Fsp3) is 0.625. The number of hydroxylamine groups is 4. The Morgan fingerprint density at radius 3 is 1.62 bits per heavy atom. The van der Waals surface area contributed by atoms with Gasteiger partial charge in [0.05, 0.1) is 23.4 Å². The summed E-state index contributed by atoms with van der Waals surface area (Å²) in [5.41, 5.74) is 2.05. The van der Waals surface area contributed by atoms with Crippen molar-refractivity contribution in [1.29, 1.82) is 0 Å². The fourth-order valence-electron chi connectivity index (χ4n) is 14.1. The van der Waals surface area contributed by atoms with E-state index in [1.54, 1.807) is 4.90 Å². The molecule has 4 aliphatic heterocycles. The summed E-state index contributed by atoms with van der Waals surface area (Å²) in [4.78, 5) is 47.7. The Kier molecular flexibility index (Phi) is 11.1. The molecule has 0 aromatic heterocycles. The number of benzene rings is 3. The second kappa shape index (κ2) is 15.5. The van der Waals surface area contributed by atoms with Gasteiger partial charge in [0.1, 0.15) is 6.23 Å². The van der Waals surface area contributed by atoms with Crippen LogP contribution in [0.3, 0.4) is 0 Å². The summed E-state index contributed by atoms with van der Waals surface area (Å²) in [5, 5.41) is 44.6. The zero-order valence-electron chi connectivity index (χ0n) is 42.1. The minimum Gasteiger partial charge on any atom is -0.373 e. The van der Waals surface area contributed by atoms with Gasteiger partial charge in [-0.1, -0.05) is 82.2 Å². The van der Waals surface area contributed by atoms with E-state index in [4.69, 9.17) is 0 Å². The summed E-state index contributed by atoms with van der Waals surface area (Å²) in [7, 11) is 0. The number of fused-ring (bicyclic) bond motifs is 2. The summed E-state index contributed by atoms with van der Waals surface area (Å²) in [6.45, 7) is 29.7. The van der Waals surface area contributed by atoms with Crippen LogP contribution in [0.15, 0.2) is 48.6 Å². The fourth-order valence-corrected chi connectivity index (χ4v) is 14.1. The van der Waals surface area contributed by atoms with Gasteiger partial charge in [-0.15, -0.1) is 0 Å². The van der Waals surface area contributed by atoms with E-state index in [1.165, 1.54) is 31.7 Å². The second-order valence-electron chi connectivity index (χ2n) is 25.2. The number of allylic oxidation sites excluding steroid dienone is 2. The van der Waals surface area contributed by atoms with E-state index in [1.807, 2.05) is 25.1 Å². The summed E-state index contributed by atoms with van der Waals surface area (Å²) in [6, 6.07) is 12.9. The molecule has 3 amide bonds. The molecule has 356 valence electrons. The summed E-state index contributed by atoms with van der Waals surface area (Å²) in [6.07, 6.45) is 8.13. The molecule has 4 heterocycles. The predicted molar refractivity (Wildman–Crippen MR) is 262 cm³/mol. The molecule has 9 unspecified atom stereocenters. The Morgan fingerprint density at radius 1 is 0.652 bits per heavy atom. The van der Waals surface area contributed by atoms with Crippen LogP contribution in [0, 0.1) is 40.9 Å². The number of likely N-dealkylation sites (tertiary alicyclic amines) is 1. The molecule has 7 aliphatic rings. The van der Waals surface area contributed by atoms with Gasteiger partial charge in [0.15, 0.2) is 0 Å². The Balaban J connectivity index is 1.25. The van der Waals surface area contributed by atoms with Crippen molar-refractivity contribution in [2.45, 2.75) is 182 Å². The number of piperidine rings is 2. The number of carbonyl (C=O) groups is 3. The predicted octanol–water partition coefficient (Wildman–Crippen LogP) is 9.42. The van der Waals surface area contributed by atoms with E-state index in [0.717, 1.165) is 51.2 Å². The molecule has 10 rings (SSSR count). The van der Waals surface area contributed by atoms with Gasteiger partial charge in [0.2, 0.25) is 17.7 Å². The van der Waals surface area contributed by atoms with Crippen molar-refractivity contribution in [1.82, 2.24) is 15.0 Å². The Hall–Kier alpha value is -3.93. The van der Waals surface area contributed by atoms with Crippen molar-refractivity contribution in [2.24, 2.45) is 40.9 Å². The average Bonchev–Trinajstić information content (AvgIpc) is 3.67. The molecule has 2 bridgehead atoms. The molecule has 0 spiro atoms.